The Bertz CT molecular complexity index is 122. The zero-order valence-corrected chi connectivity index (χ0v) is 8.29. The molecule has 0 saturated carbocycles. The van der Waals surface area contributed by atoms with Crippen LogP contribution in [0.15, 0.2) is 0 Å². The van der Waals surface area contributed by atoms with Gasteiger partial charge in [0.05, 0.1) is 0 Å². The van der Waals surface area contributed by atoms with Crippen molar-refractivity contribution in [1.29, 1.82) is 0 Å². The first-order valence-electron chi connectivity index (χ1n) is 2.37. The minimum absolute atomic E-state index is 0.485. The molecule has 0 fully saturated rings. The smallest absolute Gasteiger partial charge is 0.187 e. The zero-order valence-electron chi connectivity index (χ0n) is 5.12. The van der Waals surface area contributed by atoms with Crippen molar-refractivity contribution in [1.82, 2.24) is 0 Å². The Hall–Kier alpha value is 0.560. The van der Waals surface area contributed by atoms with Gasteiger partial charge in [-0.2, -0.15) is 0 Å². The molecule has 9 heavy (non-hydrogen) atoms. The average Bonchev–Trinajstić information content (AvgIpc) is 1.65. The molecule has 1 nitrogen and oxygen atoms in total. The van der Waals surface area contributed by atoms with Crippen LogP contribution in [0.25, 0.3) is 0 Å². The Morgan fingerprint density at radius 3 is 2.00 bits per heavy atom. The number of hydrogen-bond donors (Lipinski definition) is 0. The fourth-order valence-electron chi connectivity index (χ4n) is 0.154. The molecule has 0 N–H and O–H groups in total. The molecule has 54 valence electrons. The summed E-state index contributed by atoms with van der Waals surface area (Å²) in [4.78, 5) is 10.5. The summed E-state index contributed by atoms with van der Waals surface area (Å²) in [5.74, 6) is -0.485. The fourth-order valence-corrected chi connectivity index (χ4v) is 0.798. The predicted octanol–water partition coefficient (Wildman–Crippen LogP) is 2.42. The van der Waals surface area contributed by atoms with Gasteiger partial charge in [0.15, 0.2) is 11.5 Å². The summed E-state index contributed by atoms with van der Waals surface area (Å²) in [6.07, 6.45) is 0. The molecule has 0 aliphatic rings. The van der Waals surface area contributed by atoms with Crippen LogP contribution in [-0.4, -0.2) is 15.2 Å². The summed E-state index contributed by atoms with van der Waals surface area (Å²) in [6, 6.07) is 0. The summed E-state index contributed by atoms with van der Waals surface area (Å²) < 4.78 is 12.3. The normalized spacial score (nSPS) is 17.6. The molecular weight excluding hydrogens is 255 g/mol. The minimum Gasteiger partial charge on any atom is -0.296 e. The van der Waals surface area contributed by atoms with E-state index in [-0.39, 0.29) is 0 Å². The summed E-state index contributed by atoms with van der Waals surface area (Å²) >= 11 is 5.83. The van der Waals surface area contributed by atoms with Crippen molar-refractivity contribution < 1.29 is 9.18 Å². The lowest BCUT2D eigenvalue weighted by atomic mass is 10.1. The van der Waals surface area contributed by atoms with Crippen LogP contribution >= 0.6 is 31.9 Å². The van der Waals surface area contributed by atoms with Gasteiger partial charge in [-0.15, -0.1) is 0 Å². The SMILES string of the molecule is CC(=O)C(C)(F)C(Br)Br. The third-order valence-electron chi connectivity index (χ3n) is 1.10. The van der Waals surface area contributed by atoms with Gasteiger partial charge in [-0.3, -0.25) is 4.79 Å². The third kappa shape index (κ3) is 2.34. The number of carbonyl (C=O) groups excluding carboxylic acids is 1. The lowest BCUT2D eigenvalue weighted by molar-refractivity contribution is -0.126. The standard InChI is InChI=1S/C5H7Br2FO/c1-3(9)5(2,8)4(6)7/h4H,1-2H3. The van der Waals surface area contributed by atoms with Crippen LogP contribution in [0.3, 0.4) is 0 Å². The molecule has 0 rings (SSSR count). The van der Waals surface area contributed by atoms with E-state index in [9.17, 15) is 9.18 Å². The highest BCUT2D eigenvalue weighted by molar-refractivity contribution is 9.24. The highest BCUT2D eigenvalue weighted by Gasteiger charge is 2.35. The molecule has 0 aliphatic heterocycles. The van der Waals surface area contributed by atoms with Gasteiger partial charge >= 0.3 is 0 Å². The monoisotopic (exact) mass is 260 g/mol. The van der Waals surface area contributed by atoms with Crippen LogP contribution < -0.4 is 0 Å². The van der Waals surface area contributed by atoms with E-state index >= 15 is 0 Å². The van der Waals surface area contributed by atoms with E-state index in [2.05, 4.69) is 31.9 Å². The molecule has 1 atom stereocenters. The average molecular weight is 262 g/mol. The van der Waals surface area contributed by atoms with E-state index in [1.807, 2.05) is 0 Å². The number of Topliss-reactive ketones (excluding diaryl/α,β-unsaturated/α-hetero) is 1. The Labute approximate surface area is 70.3 Å². The van der Waals surface area contributed by atoms with Gasteiger partial charge in [0.1, 0.15) is 3.74 Å². The number of alkyl halides is 3. The van der Waals surface area contributed by atoms with E-state index in [0.717, 1.165) is 0 Å². The third-order valence-corrected chi connectivity index (χ3v) is 2.82. The predicted molar refractivity (Wildman–Crippen MR) is 41.8 cm³/mol. The second-order valence-electron chi connectivity index (χ2n) is 1.93. The topological polar surface area (TPSA) is 17.1 Å². The van der Waals surface area contributed by atoms with Crippen LogP contribution in [0.4, 0.5) is 4.39 Å². The number of ketones is 1. The first kappa shape index (κ1) is 9.56. The number of halogens is 3. The van der Waals surface area contributed by atoms with E-state index in [1.54, 1.807) is 0 Å². The van der Waals surface area contributed by atoms with Gasteiger partial charge in [0.25, 0.3) is 0 Å². The van der Waals surface area contributed by atoms with Gasteiger partial charge in [-0.1, -0.05) is 31.9 Å². The van der Waals surface area contributed by atoms with Crippen molar-refractivity contribution in [2.45, 2.75) is 23.3 Å². The second kappa shape index (κ2) is 3.10. The van der Waals surface area contributed by atoms with E-state index in [1.165, 1.54) is 13.8 Å². The molecule has 4 heteroatoms. The van der Waals surface area contributed by atoms with Gasteiger partial charge in [0, 0.05) is 0 Å². The Morgan fingerprint density at radius 1 is 1.67 bits per heavy atom. The van der Waals surface area contributed by atoms with Crippen molar-refractivity contribution in [2.24, 2.45) is 0 Å². The van der Waals surface area contributed by atoms with Crippen molar-refractivity contribution >= 4 is 37.6 Å². The lowest BCUT2D eigenvalue weighted by Gasteiger charge is -2.17. The van der Waals surface area contributed by atoms with Crippen molar-refractivity contribution in [3.05, 3.63) is 0 Å². The van der Waals surface area contributed by atoms with Crippen LogP contribution in [0.2, 0.25) is 0 Å². The number of carbonyl (C=O) groups is 1. The van der Waals surface area contributed by atoms with Crippen molar-refractivity contribution in [3.63, 3.8) is 0 Å². The van der Waals surface area contributed by atoms with Crippen LogP contribution in [0.1, 0.15) is 13.8 Å². The molecule has 0 bridgehead atoms. The van der Waals surface area contributed by atoms with Crippen LogP contribution in [-0.2, 0) is 4.79 Å². The summed E-state index contributed by atoms with van der Waals surface area (Å²) in [5.41, 5.74) is -1.81. The molecule has 0 aromatic carbocycles. The second-order valence-corrected chi connectivity index (χ2v) is 4.99. The Kier molecular flexibility index (Phi) is 3.29. The molecule has 1 unspecified atom stereocenters. The fraction of sp³-hybridized carbons (Fsp3) is 0.800. The Morgan fingerprint density at radius 2 is 2.00 bits per heavy atom. The highest BCUT2D eigenvalue weighted by Crippen LogP contribution is 2.28. The molecule has 0 saturated heterocycles. The quantitative estimate of drug-likeness (QED) is 0.698. The maximum absolute atomic E-state index is 12.9. The summed E-state index contributed by atoms with van der Waals surface area (Å²) in [5, 5.41) is 0. The molecule has 0 radical (unpaired) electrons. The maximum atomic E-state index is 12.9. The number of rotatable bonds is 2. The number of hydrogen-bond acceptors (Lipinski definition) is 1. The van der Waals surface area contributed by atoms with Gasteiger partial charge in [-0.05, 0) is 13.8 Å². The largest absolute Gasteiger partial charge is 0.296 e. The van der Waals surface area contributed by atoms with Crippen LogP contribution in [0, 0.1) is 0 Å². The van der Waals surface area contributed by atoms with Crippen LogP contribution in [0.5, 0.6) is 0 Å². The molecule has 0 heterocycles. The molecular formula is C5H7Br2FO. The van der Waals surface area contributed by atoms with E-state index < -0.39 is 15.2 Å². The van der Waals surface area contributed by atoms with E-state index in [4.69, 9.17) is 0 Å². The highest BCUT2D eigenvalue weighted by atomic mass is 79.9. The molecule has 0 amide bonds. The maximum Gasteiger partial charge on any atom is 0.187 e. The zero-order chi connectivity index (χ0) is 7.65. The first-order chi connectivity index (χ1) is 3.89. The molecule has 0 spiro atoms. The molecule has 0 aromatic rings. The van der Waals surface area contributed by atoms with Crippen molar-refractivity contribution in [3.8, 4) is 0 Å². The molecule has 0 aromatic heterocycles. The summed E-state index contributed by atoms with van der Waals surface area (Å²) in [7, 11) is 0. The lowest BCUT2D eigenvalue weighted by Crippen LogP contribution is -2.34. The minimum atomic E-state index is -1.81. The van der Waals surface area contributed by atoms with Gasteiger partial charge < -0.3 is 0 Å². The molecule has 0 aliphatic carbocycles. The van der Waals surface area contributed by atoms with Gasteiger partial charge in [-0.25, -0.2) is 4.39 Å². The Balaban J connectivity index is 4.19. The van der Waals surface area contributed by atoms with Gasteiger partial charge in [0.2, 0.25) is 0 Å². The van der Waals surface area contributed by atoms with E-state index in [0.29, 0.717) is 0 Å². The first-order valence-corrected chi connectivity index (χ1v) is 4.20. The van der Waals surface area contributed by atoms with Crippen molar-refractivity contribution in [2.75, 3.05) is 0 Å². The summed E-state index contributed by atoms with van der Waals surface area (Å²) in [6.45, 7) is 2.44.